The van der Waals surface area contributed by atoms with Crippen LogP contribution in [-0.4, -0.2) is 14.5 Å². The van der Waals surface area contributed by atoms with Crippen LogP contribution in [0.25, 0.3) is 123 Å². The van der Waals surface area contributed by atoms with Crippen molar-refractivity contribution in [2.45, 2.75) is 0 Å². The number of rotatable bonds is 2. The van der Waals surface area contributed by atoms with E-state index in [1.807, 2.05) is 34.8 Å². The van der Waals surface area contributed by atoms with Gasteiger partial charge in [0.25, 0.3) is 0 Å². The molecule has 250 valence electrons. The van der Waals surface area contributed by atoms with Gasteiger partial charge in [-0.15, -0.1) is 22.7 Å². The smallest absolute Gasteiger partial charge is 0.238 e. The van der Waals surface area contributed by atoms with Crippen LogP contribution in [0.15, 0.2) is 156 Å². The lowest BCUT2D eigenvalue weighted by molar-refractivity contribution is 0.651. The monoisotopic (exact) mass is 723 g/mol. The molecule has 0 saturated carbocycles. The van der Waals surface area contributed by atoms with E-state index in [0.717, 1.165) is 38.6 Å². The van der Waals surface area contributed by atoms with E-state index >= 15 is 0 Å². The average Bonchev–Trinajstić information content (AvgIpc) is 3.99. The van der Waals surface area contributed by atoms with E-state index in [4.69, 9.17) is 14.4 Å². The number of para-hydroxylation sites is 1. The molecular formula is C48H25N3OS2. The van der Waals surface area contributed by atoms with Crippen molar-refractivity contribution in [1.82, 2.24) is 14.5 Å². The highest BCUT2D eigenvalue weighted by molar-refractivity contribution is 7.27. The summed E-state index contributed by atoms with van der Waals surface area (Å²) < 4.78 is 13.9. The molecule has 0 aliphatic heterocycles. The van der Waals surface area contributed by atoms with Gasteiger partial charge in [0.2, 0.25) is 11.7 Å². The van der Waals surface area contributed by atoms with E-state index in [9.17, 15) is 0 Å². The first-order valence-electron chi connectivity index (χ1n) is 18.1. The van der Waals surface area contributed by atoms with Crippen LogP contribution < -0.4 is 0 Å². The van der Waals surface area contributed by atoms with Gasteiger partial charge < -0.3 is 4.42 Å². The third-order valence-electron chi connectivity index (χ3n) is 11.2. The Bertz CT molecular complexity index is 3750. The summed E-state index contributed by atoms with van der Waals surface area (Å²) in [4.78, 5) is 11.0. The summed E-state index contributed by atoms with van der Waals surface area (Å²) >= 11 is 3.67. The lowest BCUT2D eigenvalue weighted by atomic mass is 9.97. The lowest BCUT2D eigenvalue weighted by Gasteiger charge is -2.11. The molecule has 5 heterocycles. The fourth-order valence-electron chi connectivity index (χ4n) is 8.94. The van der Waals surface area contributed by atoms with Gasteiger partial charge in [0.05, 0.1) is 26.8 Å². The Hall–Kier alpha value is -6.60. The van der Waals surface area contributed by atoms with Gasteiger partial charge in [-0.2, -0.15) is 4.98 Å². The fourth-order valence-corrected chi connectivity index (χ4v) is 11.3. The molecule has 13 rings (SSSR count). The third kappa shape index (κ3) is 3.75. The lowest BCUT2D eigenvalue weighted by Crippen LogP contribution is -2.03. The Balaban J connectivity index is 1.24. The number of hydrogen-bond acceptors (Lipinski definition) is 5. The van der Waals surface area contributed by atoms with Crippen LogP contribution in [0.5, 0.6) is 0 Å². The van der Waals surface area contributed by atoms with E-state index in [2.05, 4.69) is 144 Å². The van der Waals surface area contributed by atoms with Crippen molar-refractivity contribution < 1.29 is 4.42 Å². The van der Waals surface area contributed by atoms with Gasteiger partial charge in [-0.3, -0.25) is 4.57 Å². The average molecular weight is 724 g/mol. The summed E-state index contributed by atoms with van der Waals surface area (Å²) in [5.41, 5.74) is 5.48. The number of thiophene rings is 2. The Morgan fingerprint density at radius 1 is 0.463 bits per heavy atom. The van der Waals surface area contributed by atoms with Crippen molar-refractivity contribution >= 4 is 128 Å². The molecule has 0 amide bonds. The maximum Gasteiger partial charge on any atom is 0.238 e. The molecule has 0 radical (unpaired) electrons. The molecule has 8 aromatic carbocycles. The second kappa shape index (κ2) is 10.5. The normalized spacial score (nSPS) is 12.4. The van der Waals surface area contributed by atoms with Gasteiger partial charge in [-0.25, -0.2) is 4.98 Å². The largest absolute Gasteiger partial charge is 0.437 e. The first kappa shape index (κ1) is 28.9. The Morgan fingerprint density at radius 3 is 1.98 bits per heavy atom. The van der Waals surface area contributed by atoms with Crippen molar-refractivity contribution in [1.29, 1.82) is 0 Å². The molecule has 0 saturated heterocycles. The fraction of sp³-hybridized carbons (Fsp3) is 0. The Morgan fingerprint density at radius 2 is 1.13 bits per heavy atom. The van der Waals surface area contributed by atoms with Crippen LogP contribution in [-0.2, 0) is 0 Å². The number of benzene rings is 8. The number of nitrogens with zero attached hydrogens (tertiary/aromatic N) is 3. The summed E-state index contributed by atoms with van der Waals surface area (Å²) in [5, 5.41) is 14.3. The van der Waals surface area contributed by atoms with Crippen LogP contribution in [0.4, 0.5) is 0 Å². The SMILES string of the molecule is c1ccc2c(c1)ccc1c2c2c3ccccc3c3c4ccccc4sc3c2n1-c1nc(-c2ccc3c(c2)sc2ccccc23)c2c(n1)oc1ccccc12. The summed E-state index contributed by atoms with van der Waals surface area (Å²) in [6.07, 6.45) is 0. The van der Waals surface area contributed by atoms with Crippen molar-refractivity contribution in [2.24, 2.45) is 0 Å². The van der Waals surface area contributed by atoms with Crippen LogP contribution in [0, 0.1) is 0 Å². The van der Waals surface area contributed by atoms with Gasteiger partial charge in [-0.1, -0.05) is 121 Å². The zero-order valence-corrected chi connectivity index (χ0v) is 30.1. The first-order valence-corrected chi connectivity index (χ1v) is 19.7. The van der Waals surface area contributed by atoms with Gasteiger partial charge in [0, 0.05) is 57.4 Å². The highest BCUT2D eigenvalue weighted by Crippen LogP contribution is 2.49. The molecule has 0 aliphatic rings. The van der Waals surface area contributed by atoms with Crippen molar-refractivity contribution in [3.05, 3.63) is 152 Å². The van der Waals surface area contributed by atoms with Crippen LogP contribution in [0.2, 0.25) is 0 Å². The maximum absolute atomic E-state index is 6.63. The minimum absolute atomic E-state index is 0.580. The predicted molar refractivity (Wildman–Crippen MR) is 230 cm³/mol. The second-order valence-electron chi connectivity index (χ2n) is 14.0. The van der Waals surface area contributed by atoms with Crippen LogP contribution in [0.1, 0.15) is 0 Å². The van der Waals surface area contributed by atoms with Gasteiger partial charge in [-0.05, 0) is 51.9 Å². The molecule has 0 atom stereocenters. The number of furan rings is 1. The summed E-state index contributed by atoms with van der Waals surface area (Å²) in [6.45, 7) is 0. The third-order valence-corrected chi connectivity index (χ3v) is 13.5. The zero-order chi connectivity index (χ0) is 35.1. The summed E-state index contributed by atoms with van der Waals surface area (Å²) in [5.74, 6) is 0.595. The van der Waals surface area contributed by atoms with E-state index in [-0.39, 0.29) is 0 Å². The predicted octanol–water partition coefficient (Wildman–Crippen LogP) is 14.2. The molecule has 54 heavy (non-hydrogen) atoms. The maximum atomic E-state index is 6.63. The van der Waals surface area contributed by atoms with Gasteiger partial charge in [0.15, 0.2) is 0 Å². The second-order valence-corrected chi connectivity index (χ2v) is 16.2. The Labute approximate surface area is 314 Å². The minimum atomic E-state index is 0.580. The van der Waals surface area contributed by atoms with Crippen molar-refractivity contribution in [3.8, 4) is 17.2 Å². The molecule has 13 aromatic rings. The number of hydrogen-bond donors (Lipinski definition) is 0. The molecule has 0 aliphatic carbocycles. The van der Waals surface area contributed by atoms with E-state index in [1.165, 1.54) is 72.7 Å². The van der Waals surface area contributed by atoms with E-state index in [0.29, 0.717) is 11.7 Å². The summed E-state index contributed by atoms with van der Waals surface area (Å²) in [7, 11) is 0. The minimum Gasteiger partial charge on any atom is -0.437 e. The molecular weight excluding hydrogens is 699 g/mol. The summed E-state index contributed by atoms with van der Waals surface area (Å²) in [6, 6.07) is 54.5. The van der Waals surface area contributed by atoms with E-state index < -0.39 is 0 Å². The topological polar surface area (TPSA) is 43.9 Å². The molecule has 6 heteroatoms. The molecule has 0 bridgehead atoms. The number of aromatic nitrogens is 3. The molecule has 5 aromatic heterocycles. The van der Waals surface area contributed by atoms with Crippen LogP contribution in [0.3, 0.4) is 0 Å². The highest BCUT2D eigenvalue weighted by atomic mass is 32.1. The standard InChI is InChI=1S/C48H25N3OS2/c1-2-12-28-26(11-1)22-24-35-41(28)42-32-15-4-3-14-31(32)40-34-17-7-10-20-38(34)54-46(40)45(42)51(35)48-49-44(43-33-16-5-8-18-36(33)52-47(43)50-48)27-21-23-30-29-13-6-9-19-37(29)53-39(30)25-27/h1-25H. The zero-order valence-electron chi connectivity index (χ0n) is 28.5. The molecule has 4 nitrogen and oxygen atoms in total. The van der Waals surface area contributed by atoms with Crippen LogP contribution >= 0.6 is 22.7 Å². The van der Waals surface area contributed by atoms with Gasteiger partial charge in [0.1, 0.15) is 5.58 Å². The first-order chi connectivity index (χ1) is 26.8. The van der Waals surface area contributed by atoms with Crippen molar-refractivity contribution in [2.75, 3.05) is 0 Å². The molecule has 0 spiro atoms. The molecule has 0 unspecified atom stereocenters. The van der Waals surface area contributed by atoms with Crippen molar-refractivity contribution in [3.63, 3.8) is 0 Å². The quantitative estimate of drug-likeness (QED) is 0.178. The van der Waals surface area contributed by atoms with E-state index in [1.54, 1.807) is 0 Å². The molecule has 0 N–H and O–H groups in total. The van der Waals surface area contributed by atoms with Gasteiger partial charge >= 0.3 is 0 Å². The number of fused-ring (bicyclic) bond motifs is 18. The Kier molecular flexibility index (Phi) is 5.63. The molecule has 0 fully saturated rings. The highest BCUT2D eigenvalue weighted by Gasteiger charge is 2.26.